The molecule has 1 aromatic carbocycles. The molecule has 0 aliphatic carbocycles. The quantitative estimate of drug-likeness (QED) is 0.655. The van der Waals surface area contributed by atoms with Gasteiger partial charge in [-0.05, 0) is 43.4 Å². The van der Waals surface area contributed by atoms with Crippen LogP contribution in [0.2, 0.25) is 5.02 Å². The van der Waals surface area contributed by atoms with Gasteiger partial charge in [-0.2, -0.15) is 16.5 Å². The first-order chi connectivity index (χ1) is 13.3. The summed E-state index contributed by atoms with van der Waals surface area (Å²) in [4.78, 5) is 15.1. The number of rotatable bonds is 7. The van der Waals surface area contributed by atoms with Crippen LogP contribution in [0, 0.1) is 0 Å². The molecule has 2 N–H and O–H groups in total. The normalized spacial score (nSPS) is 24.8. The van der Waals surface area contributed by atoms with E-state index in [1.54, 1.807) is 6.92 Å². The second kappa shape index (κ2) is 9.32. The van der Waals surface area contributed by atoms with Crippen LogP contribution in [0.4, 0.5) is 0 Å². The number of amides is 1. The third kappa shape index (κ3) is 5.20. The molecule has 1 unspecified atom stereocenters. The molecule has 2 atom stereocenters. The van der Waals surface area contributed by atoms with Crippen LogP contribution in [0.25, 0.3) is 0 Å². The summed E-state index contributed by atoms with van der Waals surface area (Å²) < 4.78 is 32.8. The maximum atomic E-state index is 12.6. The molecule has 2 aliphatic rings. The maximum Gasteiger partial charge on any atom is 0.241 e. The van der Waals surface area contributed by atoms with E-state index in [9.17, 15) is 13.2 Å². The van der Waals surface area contributed by atoms with Crippen molar-refractivity contribution in [2.45, 2.75) is 29.8 Å². The number of nitrogens with one attached hydrogen (secondary N) is 2. The lowest BCUT2D eigenvalue weighted by Gasteiger charge is -2.43. The minimum Gasteiger partial charge on any atom is -0.379 e. The van der Waals surface area contributed by atoms with Gasteiger partial charge in [0.05, 0.1) is 24.2 Å². The summed E-state index contributed by atoms with van der Waals surface area (Å²) in [7, 11) is -3.79. The Kier molecular flexibility index (Phi) is 7.27. The Balaban J connectivity index is 1.59. The Labute approximate surface area is 175 Å². The van der Waals surface area contributed by atoms with Crippen LogP contribution < -0.4 is 10.0 Å². The highest BCUT2D eigenvalue weighted by molar-refractivity contribution is 7.99. The number of sulfonamides is 1. The van der Waals surface area contributed by atoms with E-state index >= 15 is 0 Å². The van der Waals surface area contributed by atoms with Crippen molar-refractivity contribution in [3.63, 3.8) is 0 Å². The zero-order valence-electron chi connectivity index (χ0n) is 15.8. The molecule has 0 bridgehead atoms. The topological polar surface area (TPSA) is 87.7 Å². The second-order valence-corrected chi connectivity index (χ2v) is 10.4. The van der Waals surface area contributed by atoms with Crippen LogP contribution in [0.1, 0.15) is 13.3 Å². The van der Waals surface area contributed by atoms with Gasteiger partial charge in [0.25, 0.3) is 0 Å². The summed E-state index contributed by atoms with van der Waals surface area (Å²) in [5.74, 6) is 1.69. The summed E-state index contributed by atoms with van der Waals surface area (Å²) in [6, 6.07) is 4.96. The van der Waals surface area contributed by atoms with Crippen molar-refractivity contribution in [3.05, 3.63) is 29.3 Å². The molecule has 7 nitrogen and oxygen atoms in total. The number of thioether (sulfide) groups is 1. The summed E-state index contributed by atoms with van der Waals surface area (Å²) in [5, 5.41) is 3.41. The Morgan fingerprint density at radius 2 is 2.00 bits per heavy atom. The van der Waals surface area contributed by atoms with Crippen molar-refractivity contribution in [1.29, 1.82) is 0 Å². The molecule has 10 heteroatoms. The third-order valence-electron chi connectivity index (χ3n) is 5.21. The average molecular weight is 448 g/mol. The van der Waals surface area contributed by atoms with Crippen molar-refractivity contribution in [1.82, 2.24) is 14.9 Å². The fraction of sp³-hybridized carbons (Fsp3) is 0.611. The summed E-state index contributed by atoms with van der Waals surface area (Å²) in [5.41, 5.74) is -0.0844. The number of morpholine rings is 1. The largest absolute Gasteiger partial charge is 0.379 e. The molecule has 156 valence electrons. The van der Waals surface area contributed by atoms with Crippen LogP contribution in [0.15, 0.2) is 29.2 Å². The van der Waals surface area contributed by atoms with E-state index in [2.05, 4.69) is 14.9 Å². The Bertz CT molecular complexity index is 777. The Morgan fingerprint density at radius 3 is 2.61 bits per heavy atom. The van der Waals surface area contributed by atoms with Crippen molar-refractivity contribution in [2.24, 2.45) is 0 Å². The molecule has 3 rings (SSSR count). The fourth-order valence-corrected chi connectivity index (χ4v) is 6.31. The lowest BCUT2D eigenvalue weighted by molar-refractivity contribution is -0.123. The minimum absolute atomic E-state index is 0.0773. The van der Waals surface area contributed by atoms with Gasteiger partial charge < -0.3 is 10.1 Å². The van der Waals surface area contributed by atoms with E-state index in [1.807, 2.05) is 11.8 Å². The van der Waals surface area contributed by atoms with Crippen LogP contribution in [-0.2, 0) is 19.6 Å². The number of carbonyl (C=O) groups excluding carboxylic acids is 1. The number of benzene rings is 1. The van der Waals surface area contributed by atoms with Gasteiger partial charge >= 0.3 is 0 Å². The predicted molar refractivity (Wildman–Crippen MR) is 111 cm³/mol. The van der Waals surface area contributed by atoms with Gasteiger partial charge in [0.2, 0.25) is 15.9 Å². The second-order valence-electron chi connectivity index (χ2n) is 7.14. The minimum atomic E-state index is -3.79. The van der Waals surface area contributed by atoms with E-state index in [0.29, 0.717) is 24.8 Å². The predicted octanol–water partition coefficient (Wildman–Crippen LogP) is 1.33. The summed E-state index contributed by atoms with van der Waals surface area (Å²) in [6.45, 7) is 5.18. The van der Waals surface area contributed by atoms with Crippen molar-refractivity contribution < 1.29 is 17.9 Å². The molecule has 0 radical (unpaired) electrons. The molecule has 1 aromatic rings. The van der Waals surface area contributed by atoms with Crippen molar-refractivity contribution in [2.75, 3.05) is 44.4 Å². The number of hydrogen-bond acceptors (Lipinski definition) is 6. The molecule has 2 fully saturated rings. The highest BCUT2D eigenvalue weighted by Crippen LogP contribution is 2.33. The van der Waals surface area contributed by atoms with Crippen molar-refractivity contribution in [3.8, 4) is 0 Å². The van der Waals surface area contributed by atoms with Gasteiger partial charge in [0, 0.05) is 35.9 Å². The molecule has 2 aliphatic heterocycles. The van der Waals surface area contributed by atoms with E-state index < -0.39 is 16.1 Å². The summed E-state index contributed by atoms with van der Waals surface area (Å²) >= 11 is 7.69. The monoisotopic (exact) mass is 447 g/mol. The number of carbonyl (C=O) groups is 1. The summed E-state index contributed by atoms with van der Waals surface area (Å²) in [6.07, 6.45) is 1.00. The van der Waals surface area contributed by atoms with Gasteiger partial charge in [-0.15, -0.1) is 0 Å². The van der Waals surface area contributed by atoms with E-state index in [1.165, 1.54) is 24.3 Å². The van der Waals surface area contributed by atoms with Crippen LogP contribution >= 0.6 is 23.4 Å². The van der Waals surface area contributed by atoms with Gasteiger partial charge in [-0.3, -0.25) is 9.69 Å². The highest BCUT2D eigenvalue weighted by Gasteiger charge is 2.41. The van der Waals surface area contributed by atoms with Crippen LogP contribution in [0.5, 0.6) is 0 Å². The van der Waals surface area contributed by atoms with Gasteiger partial charge in [-0.25, -0.2) is 8.42 Å². The standard InChI is InChI=1S/C18H26ClN3O4S2/c1-14(21-28(24,25)16-4-2-15(19)3-5-16)17(23)20-12-18(6-11-27-13-18)22-7-9-26-10-8-22/h2-5,14,21H,6-13H2,1H3,(H,20,23)/t14-,18?/m0/s1. The smallest absolute Gasteiger partial charge is 0.241 e. The fourth-order valence-electron chi connectivity index (χ4n) is 3.51. The molecule has 1 amide bonds. The zero-order chi connectivity index (χ0) is 20.2. The SMILES string of the molecule is C[C@H](NS(=O)(=O)c1ccc(Cl)cc1)C(=O)NCC1(N2CCOCC2)CCSC1. The molecule has 28 heavy (non-hydrogen) atoms. The van der Waals surface area contributed by atoms with Gasteiger partial charge in [-0.1, -0.05) is 11.6 Å². The van der Waals surface area contributed by atoms with E-state index in [0.717, 1.165) is 31.0 Å². The molecule has 0 aromatic heterocycles. The first-order valence-corrected chi connectivity index (χ1v) is 12.3. The Hall–Kier alpha value is -0.840. The van der Waals surface area contributed by atoms with E-state index in [-0.39, 0.29) is 16.3 Å². The first kappa shape index (κ1) is 21.9. The molecule has 2 saturated heterocycles. The molecule has 0 spiro atoms. The molecule has 0 saturated carbocycles. The van der Waals surface area contributed by atoms with Gasteiger partial charge in [0.1, 0.15) is 0 Å². The number of halogens is 1. The zero-order valence-corrected chi connectivity index (χ0v) is 18.2. The van der Waals surface area contributed by atoms with Crippen LogP contribution in [0.3, 0.4) is 0 Å². The number of nitrogens with zero attached hydrogens (tertiary/aromatic N) is 1. The van der Waals surface area contributed by atoms with E-state index in [4.69, 9.17) is 16.3 Å². The lowest BCUT2D eigenvalue weighted by atomic mass is 9.95. The first-order valence-electron chi connectivity index (χ1n) is 9.29. The third-order valence-corrected chi connectivity index (χ3v) is 8.25. The highest BCUT2D eigenvalue weighted by atomic mass is 35.5. The molecular formula is C18H26ClN3O4S2. The lowest BCUT2D eigenvalue weighted by Crippen LogP contribution is -2.60. The van der Waals surface area contributed by atoms with Crippen LogP contribution in [-0.4, -0.2) is 75.2 Å². The van der Waals surface area contributed by atoms with Crippen molar-refractivity contribution >= 4 is 39.3 Å². The average Bonchev–Trinajstić information content (AvgIpc) is 3.17. The number of ether oxygens (including phenoxy) is 1. The number of hydrogen-bond donors (Lipinski definition) is 2. The molecule has 2 heterocycles. The maximum absolute atomic E-state index is 12.6. The molecular weight excluding hydrogens is 422 g/mol. The van der Waals surface area contributed by atoms with Gasteiger partial charge in [0.15, 0.2) is 0 Å². The Morgan fingerprint density at radius 1 is 1.32 bits per heavy atom.